The maximum absolute atomic E-state index is 8.81. The van der Waals surface area contributed by atoms with Crippen molar-refractivity contribution in [1.29, 1.82) is 5.26 Å². The maximum Gasteiger partial charge on any atom is 0.0995 e. The Morgan fingerprint density at radius 3 is 2.75 bits per heavy atom. The minimum absolute atomic E-state index is 0.417. The highest BCUT2D eigenvalue weighted by atomic mass is 15.0. The summed E-state index contributed by atoms with van der Waals surface area (Å²) in [4.78, 5) is 0. The van der Waals surface area contributed by atoms with Gasteiger partial charge in [0.15, 0.2) is 0 Å². The highest BCUT2D eigenvalue weighted by Crippen LogP contribution is 2.25. The van der Waals surface area contributed by atoms with Gasteiger partial charge in [0.05, 0.1) is 11.6 Å². The molecule has 2 rings (SSSR count). The molecule has 0 amide bonds. The van der Waals surface area contributed by atoms with Crippen molar-refractivity contribution >= 4 is 0 Å². The van der Waals surface area contributed by atoms with E-state index in [9.17, 15) is 0 Å². The molecular formula is C10H10N2. The summed E-state index contributed by atoms with van der Waals surface area (Å²) in [6.45, 7) is 1.07. The third kappa shape index (κ3) is 1.09. The van der Waals surface area contributed by atoms with Gasteiger partial charge in [-0.3, -0.25) is 0 Å². The number of hydrogen-bond donors (Lipinski definition) is 1. The van der Waals surface area contributed by atoms with E-state index in [0.717, 1.165) is 24.1 Å². The molecule has 1 aliphatic heterocycles. The molecule has 1 N–H and O–H groups in total. The molecule has 2 nitrogen and oxygen atoms in total. The van der Waals surface area contributed by atoms with Crippen molar-refractivity contribution in [2.24, 2.45) is 0 Å². The van der Waals surface area contributed by atoms with Crippen LogP contribution in [0.2, 0.25) is 0 Å². The molecule has 2 heteroatoms. The summed E-state index contributed by atoms with van der Waals surface area (Å²) in [6.07, 6.45) is 1.15. The zero-order chi connectivity index (χ0) is 8.39. The van der Waals surface area contributed by atoms with E-state index in [1.807, 2.05) is 24.3 Å². The van der Waals surface area contributed by atoms with Gasteiger partial charge in [0, 0.05) is 6.04 Å². The third-order valence-electron chi connectivity index (χ3n) is 2.28. The van der Waals surface area contributed by atoms with E-state index in [1.54, 1.807) is 0 Å². The summed E-state index contributed by atoms with van der Waals surface area (Å²) in [6, 6.07) is 10.4. The van der Waals surface area contributed by atoms with Crippen LogP contribution in [0.5, 0.6) is 0 Å². The number of nitriles is 1. The second-order valence-corrected chi connectivity index (χ2v) is 2.99. The quantitative estimate of drug-likeness (QED) is 0.673. The fourth-order valence-electron chi connectivity index (χ4n) is 1.46. The molecule has 1 heterocycles. The van der Waals surface area contributed by atoms with Crippen LogP contribution in [-0.4, -0.2) is 6.54 Å². The molecular weight excluding hydrogens is 148 g/mol. The first-order valence-corrected chi connectivity index (χ1v) is 4.14. The van der Waals surface area contributed by atoms with E-state index in [-0.39, 0.29) is 0 Å². The number of nitrogens with one attached hydrogen (secondary N) is 1. The lowest BCUT2D eigenvalue weighted by Gasteiger charge is -2.28. The first-order valence-electron chi connectivity index (χ1n) is 4.14. The maximum atomic E-state index is 8.81. The standard InChI is InChI=1S/C10H10N2/c11-7-8-3-1-2-4-9(8)10-5-6-12-10/h1-4,10,12H,5-6H2/t10-/m1/s1. The first-order chi connectivity index (χ1) is 5.92. The van der Waals surface area contributed by atoms with E-state index in [4.69, 9.17) is 5.26 Å². The number of rotatable bonds is 1. The molecule has 0 spiro atoms. The summed E-state index contributed by atoms with van der Waals surface area (Å²) < 4.78 is 0. The molecule has 0 unspecified atom stereocenters. The fourth-order valence-corrected chi connectivity index (χ4v) is 1.46. The van der Waals surface area contributed by atoms with E-state index in [0.29, 0.717) is 6.04 Å². The summed E-state index contributed by atoms with van der Waals surface area (Å²) in [5.41, 5.74) is 1.95. The molecule has 0 aliphatic carbocycles. The topological polar surface area (TPSA) is 35.8 Å². The summed E-state index contributed by atoms with van der Waals surface area (Å²) >= 11 is 0. The van der Waals surface area contributed by atoms with E-state index >= 15 is 0 Å². The minimum Gasteiger partial charge on any atom is -0.310 e. The number of hydrogen-bond acceptors (Lipinski definition) is 2. The summed E-state index contributed by atoms with van der Waals surface area (Å²) in [7, 11) is 0. The van der Waals surface area contributed by atoms with Gasteiger partial charge in [-0.2, -0.15) is 5.26 Å². The lowest BCUT2D eigenvalue weighted by molar-refractivity contribution is 0.383. The average molecular weight is 158 g/mol. The predicted molar refractivity (Wildman–Crippen MR) is 46.5 cm³/mol. The lowest BCUT2D eigenvalue weighted by Crippen LogP contribution is -2.35. The van der Waals surface area contributed by atoms with Crippen molar-refractivity contribution in [3.05, 3.63) is 35.4 Å². The van der Waals surface area contributed by atoms with Crippen molar-refractivity contribution in [2.45, 2.75) is 12.5 Å². The third-order valence-corrected chi connectivity index (χ3v) is 2.28. The van der Waals surface area contributed by atoms with Gasteiger partial charge in [0.1, 0.15) is 0 Å². The van der Waals surface area contributed by atoms with Crippen molar-refractivity contribution in [2.75, 3.05) is 6.54 Å². The highest BCUT2D eigenvalue weighted by Gasteiger charge is 2.20. The largest absolute Gasteiger partial charge is 0.310 e. The second kappa shape index (κ2) is 2.96. The Bertz CT molecular complexity index is 321. The van der Waals surface area contributed by atoms with Gasteiger partial charge < -0.3 is 5.32 Å². The van der Waals surface area contributed by atoms with Gasteiger partial charge in [-0.05, 0) is 24.6 Å². The van der Waals surface area contributed by atoms with Gasteiger partial charge in [-0.25, -0.2) is 0 Å². The number of nitrogens with zero attached hydrogens (tertiary/aromatic N) is 1. The Hall–Kier alpha value is -1.33. The van der Waals surface area contributed by atoms with Crippen molar-refractivity contribution < 1.29 is 0 Å². The average Bonchev–Trinajstić information content (AvgIpc) is 2.02. The lowest BCUT2D eigenvalue weighted by atomic mass is 9.94. The minimum atomic E-state index is 0.417. The van der Waals surface area contributed by atoms with Gasteiger partial charge in [-0.1, -0.05) is 18.2 Å². The van der Waals surface area contributed by atoms with Crippen LogP contribution in [0.4, 0.5) is 0 Å². The smallest absolute Gasteiger partial charge is 0.0995 e. The van der Waals surface area contributed by atoms with Gasteiger partial charge in [0.2, 0.25) is 0 Å². The van der Waals surface area contributed by atoms with Crippen LogP contribution in [0, 0.1) is 11.3 Å². The van der Waals surface area contributed by atoms with Crippen molar-refractivity contribution in [1.82, 2.24) is 5.32 Å². The monoisotopic (exact) mass is 158 g/mol. The SMILES string of the molecule is N#Cc1ccccc1[C@H]1CCN1. The van der Waals surface area contributed by atoms with Gasteiger partial charge in [0.25, 0.3) is 0 Å². The van der Waals surface area contributed by atoms with Gasteiger partial charge in [-0.15, -0.1) is 0 Å². The molecule has 60 valence electrons. The van der Waals surface area contributed by atoms with E-state index < -0.39 is 0 Å². The van der Waals surface area contributed by atoms with Crippen LogP contribution in [0.3, 0.4) is 0 Å². The van der Waals surface area contributed by atoms with Crippen LogP contribution < -0.4 is 5.32 Å². The molecule has 1 saturated heterocycles. The Morgan fingerprint density at radius 2 is 2.17 bits per heavy atom. The molecule has 1 aliphatic rings. The molecule has 12 heavy (non-hydrogen) atoms. The molecule has 1 atom stereocenters. The van der Waals surface area contributed by atoms with Crippen LogP contribution in [0.1, 0.15) is 23.6 Å². The molecule has 0 saturated carbocycles. The molecule has 1 aromatic carbocycles. The van der Waals surface area contributed by atoms with E-state index in [2.05, 4.69) is 11.4 Å². The zero-order valence-electron chi connectivity index (χ0n) is 6.75. The van der Waals surface area contributed by atoms with Crippen LogP contribution in [0.25, 0.3) is 0 Å². The zero-order valence-corrected chi connectivity index (χ0v) is 6.75. The number of benzene rings is 1. The predicted octanol–water partition coefficient (Wildman–Crippen LogP) is 1.59. The molecule has 1 aromatic rings. The summed E-state index contributed by atoms with van der Waals surface area (Å²) in [5.74, 6) is 0. The normalized spacial score (nSPS) is 21.1. The van der Waals surface area contributed by atoms with E-state index in [1.165, 1.54) is 0 Å². The first kappa shape index (κ1) is 7.33. The molecule has 0 aromatic heterocycles. The fraction of sp³-hybridized carbons (Fsp3) is 0.300. The summed E-state index contributed by atoms with van der Waals surface area (Å²) in [5, 5.41) is 12.1. The Kier molecular flexibility index (Phi) is 1.81. The molecule has 0 bridgehead atoms. The Morgan fingerprint density at radius 1 is 1.42 bits per heavy atom. The van der Waals surface area contributed by atoms with Crippen LogP contribution >= 0.6 is 0 Å². The molecule has 1 fully saturated rings. The van der Waals surface area contributed by atoms with Crippen LogP contribution in [-0.2, 0) is 0 Å². The van der Waals surface area contributed by atoms with Crippen molar-refractivity contribution in [3.63, 3.8) is 0 Å². The van der Waals surface area contributed by atoms with Crippen LogP contribution in [0.15, 0.2) is 24.3 Å². The Labute approximate surface area is 71.8 Å². The second-order valence-electron chi connectivity index (χ2n) is 2.99. The van der Waals surface area contributed by atoms with Gasteiger partial charge >= 0.3 is 0 Å². The highest BCUT2D eigenvalue weighted by molar-refractivity contribution is 5.40. The molecule has 0 radical (unpaired) electrons. The Balaban J connectivity index is 2.35. The van der Waals surface area contributed by atoms with Crippen molar-refractivity contribution in [3.8, 4) is 6.07 Å².